The van der Waals surface area contributed by atoms with Crippen molar-refractivity contribution in [3.63, 3.8) is 0 Å². The summed E-state index contributed by atoms with van der Waals surface area (Å²) in [7, 11) is 2.24. The van der Waals surface area contributed by atoms with E-state index in [9.17, 15) is 0 Å². The van der Waals surface area contributed by atoms with Gasteiger partial charge in [0.25, 0.3) is 0 Å². The van der Waals surface area contributed by atoms with Crippen molar-refractivity contribution in [3.05, 3.63) is 59.2 Å². The summed E-state index contributed by atoms with van der Waals surface area (Å²) in [6, 6.07) is 16.1. The van der Waals surface area contributed by atoms with Crippen molar-refractivity contribution in [2.75, 3.05) is 13.6 Å². The first-order chi connectivity index (χ1) is 8.36. The first kappa shape index (κ1) is 9.43. The van der Waals surface area contributed by atoms with Gasteiger partial charge < -0.3 is 0 Å². The second-order valence-electron chi connectivity index (χ2n) is 5.10. The van der Waals surface area contributed by atoms with Crippen molar-refractivity contribution in [2.45, 2.75) is 12.5 Å². The summed E-state index contributed by atoms with van der Waals surface area (Å²) in [5.74, 6) is 0. The average molecular weight is 221 g/mol. The lowest BCUT2D eigenvalue weighted by atomic mass is 9.92. The average Bonchev–Trinajstić information content (AvgIpc) is 2.71. The molecule has 0 amide bonds. The molecule has 2 aliphatic rings. The van der Waals surface area contributed by atoms with Gasteiger partial charge in [-0.15, -0.1) is 0 Å². The van der Waals surface area contributed by atoms with Gasteiger partial charge in [0.05, 0.1) is 6.04 Å². The Labute approximate surface area is 102 Å². The normalized spacial score (nSPS) is 21.1. The Morgan fingerprint density at radius 3 is 2.76 bits per heavy atom. The molecule has 17 heavy (non-hydrogen) atoms. The lowest BCUT2D eigenvalue weighted by molar-refractivity contribution is 0.269. The molecule has 84 valence electrons. The molecule has 0 bridgehead atoms. The van der Waals surface area contributed by atoms with Crippen LogP contribution in [0.15, 0.2) is 42.5 Å². The molecule has 0 aromatic heterocycles. The van der Waals surface area contributed by atoms with Crippen molar-refractivity contribution >= 4 is 0 Å². The molecular formula is C16H15N. The van der Waals surface area contributed by atoms with Gasteiger partial charge in [0, 0.05) is 6.54 Å². The zero-order chi connectivity index (χ0) is 11.4. The standard InChI is InChI=1S/C16H15N/c1-17-10-9-11-5-4-8-13-12-6-2-3-7-14(12)16(17)15(11)13/h2-8,16H,9-10H2,1H3. The van der Waals surface area contributed by atoms with Gasteiger partial charge in [-0.1, -0.05) is 42.5 Å². The zero-order valence-corrected chi connectivity index (χ0v) is 9.98. The summed E-state index contributed by atoms with van der Waals surface area (Å²) in [6.07, 6.45) is 1.18. The molecule has 0 N–H and O–H groups in total. The van der Waals surface area contributed by atoms with Crippen molar-refractivity contribution in [3.8, 4) is 11.1 Å². The summed E-state index contributed by atoms with van der Waals surface area (Å²) in [5.41, 5.74) is 7.47. The largest absolute Gasteiger partial charge is 0.295 e. The zero-order valence-electron chi connectivity index (χ0n) is 9.98. The maximum Gasteiger partial charge on any atom is 0.0614 e. The van der Waals surface area contributed by atoms with E-state index in [2.05, 4.69) is 54.4 Å². The fraction of sp³-hybridized carbons (Fsp3) is 0.250. The molecule has 0 fully saturated rings. The third-order valence-electron chi connectivity index (χ3n) is 4.19. The number of hydrogen-bond acceptors (Lipinski definition) is 1. The van der Waals surface area contributed by atoms with Gasteiger partial charge in [-0.3, -0.25) is 4.90 Å². The monoisotopic (exact) mass is 221 g/mol. The second kappa shape index (κ2) is 3.21. The number of rotatable bonds is 0. The first-order valence-electron chi connectivity index (χ1n) is 6.27. The quantitative estimate of drug-likeness (QED) is 0.660. The number of hydrogen-bond donors (Lipinski definition) is 0. The molecule has 1 atom stereocenters. The molecule has 4 rings (SSSR count). The van der Waals surface area contributed by atoms with Crippen LogP contribution in [-0.4, -0.2) is 18.5 Å². The van der Waals surface area contributed by atoms with Crippen molar-refractivity contribution in [1.82, 2.24) is 4.90 Å². The molecule has 1 nitrogen and oxygen atoms in total. The van der Waals surface area contributed by atoms with Gasteiger partial charge in [-0.25, -0.2) is 0 Å². The smallest absolute Gasteiger partial charge is 0.0614 e. The van der Waals surface area contributed by atoms with Crippen molar-refractivity contribution in [2.24, 2.45) is 0 Å². The number of nitrogens with zero attached hydrogens (tertiary/aromatic N) is 1. The Kier molecular flexibility index (Phi) is 1.78. The van der Waals surface area contributed by atoms with Gasteiger partial charge in [0.15, 0.2) is 0 Å². The molecule has 1 aliphatic heterocycles. The lowest BCUT2D eigenvalue weighted by Crippen LogP contribution is -2.31. The molecule has 2 aromatic rings. The first-order valence-corrected chi connectivity index (χ1v) is 6.27. The number of fused-ring (bicyclic) bond motifs is 3. The van der Waals surface area contributed by atoms with E-state index in [0.29, 0.717) is 6.04 Å². The Morgan fingerprint density at radius 2 is 1.82 bits per heavy atom. The van der Waals surface area contributed by atoms with Crippen LogP contribution in [0.3, 0.4) is 0 Å². The third-order valence-corrected chi connectivity index (χ3v) is 4.19. The minimum absolute atomic E-state index is 0.492. The predicted octanol–water partition coefficient (Wildman–Crippen LogP) is 3.24. The maximum absolute atomic E-state index is 2.48. The topological polar surface area (TPSA) is 3.24 Å². The highest BCUT2D eigenvalue weighted by atomic mass is 15.1. The molecule has 1 unspecified atom stereocenters. The minimum atomic E-state index is 0.492. The summed E-state index contributed by atoms with van der Waals surface area (Å²) < 4.78 is 0. The Morgan fingerprint density at radius 1 is 1.00 bits per heavy atom. The van der Waals surface area contributed by atoms with E-state index in [0.717, 1.165) is 6.54 Å². The van der Waals surface area contributed by atoms with Crippen LogP contribution in [0.1, 0.15) is 22.7 Å². The molecule has 0 spiro atoms. The van der Waals surface area contributed by atoms with Crippen molar-refractivity contribution < 1.29 is 0 Å². The van der Waals surface area contributed by atoms with Gasteiger partial charge in [0.1, 0.15) is 0 Å². The summed E-state index contributed by atoms with van der Waals surface area (Å²) in [4.78, 5) is 2.48. The molecular weight excluding hydrogens is 206 g/mol. The molecule has 1 heterocycles. The fourth-order valence-electron chi connectivity index (χ4n) is 3.41. The van der Waals surface area contributed by atoms with E-state index in [1.54, 1.807) is 11.1 Å². The maximum atomic E-state index is 2.48. The van der Waals surface area contributed by atoms with E-state index in [4.69, 9.17) is 0 Å². The molecule has 1 heteroatoms. The highest BCUT2D eigenvalue weighted by Gasteiger charge is 2.35. The van der Waals surface area contributed by atoms with Gasteiger partial charge in [-0.2, -0.15) is 0 Å². The van der Waals surface area contributed by atoms with Crippen LogP contribution >= 0.6 is 0 Å². The lowest BCUT2D eigenvalue weighted by Gasteiger charge is -2.32. The summed E-state index contributed by atoms with van der Waals surface area (Å²) in [6.45, 7) is 1.16. The van der Waals surface area contributed by atoms with Gasteiger partial charge in [-0.05, 0) is 41.3 Å². The van der Waals surface area contributed by atoms with Crippen LogP contribution in [0.5, 0.6) is 0 Å². The van der Waals surface area contributed by atoms with E-state index < -0.39 is 0 Å². The SMILES string of the molecule is CN1CCc2cccc3c2C1c1ccccc1-3. The van der Waals surface area contributed by atoms with Crippen LogP contribution in [0.25, 0.3) is 11.1 Å². The highest BCUT2D eigenvalue weighted by molar-refractivity contribution is 5.80. The van der Waals surface area contributed by atoms with Crippen LogP contribution in [0.4, 0.5) is 0 Å². The molecule has 0 saturated heterocycles. The molecule has 0 radical (unpaired) electrons. The fourth-order valence-corrected chi connectivity index (χ4v) is 3.41. The van der Waals surface area contributed by atoms with Crippen molar-refractivity contribution in [1.29, 1.82) is 0 Å². The van der Waals surface area contributed by atoms with E-state index in [1.165, 1.54) is 23.1 Å². The second-order valence-corrected chi connectivity index (χ2v) is 5.10. The summed E-state index contributed by atoms with van der Waals surface area (Å²) >= 11 is 0. The Hall–Kier alpha value is -1.60. The van der Waals surface area contributed by atoms with Crippen LogP contribution in [0, 0.1) is 0 Å². The van der Waals surface area contributed by atoms with E-state index in [-0.39, 0.29) is 0 Å². The van der Waals surface area contributed by atoms with E-state index >= 15 is 0 Å². The molecule has 0 saturated carbocycles. The Bertz CT molecular complexity index is 600. The highest BCUT2D eigenvalue weighted by Crippen LogP contribution is 2.48. The Balaban J connectivity index is 2.09. The predicted molar refractivity (Wildman–Crippen MR) is 70.1 cm³/mol. The molecule has 2 aromatic carbocycles. The number of benzene rings is 2. The number of likely N-dealkylation sites (N-methyl/N-ethyl adjacent to an activating group) is 1. The third kappa shape index (κ3) is 1.12. The van der Waals surface area contributed by atoms with E-state index in [1.807, 2.05) is 0 Å². The van der Waals surface area contributed by atoms with Crippen LogP contribution in [0.2, 0.25) is 0 Å². The van der Waals surface area contributed by atoms with Crippen LogP contribution < -0.4 is 0 Å². The van der Waals surface area contributed by atoms with Gasteiger partial charge >= 0.3 is 0 Å². The van der Waals surface area contributed by atoms with Crippen LogP contribution in [-0.2, 0) is 6.42 Å². The minimum Gasteiger partial charge on any atom is -0.295 e. The molecule has 1 aliphatic carbocycles. The summed E-state index contributed by atoms with van der Waals surface area (Å²) in [5, 5.41) is 0. The van der Waals surface area contributed by atoms with Gasteiger partial charge in [0.2, 0.25) is 0 Å².